The minimum atomic E-state index is -0.748. The molecule has 0 aromatic heterocycles. The van der Waals surface area contributed by atoms with E-state index in [4.69, 9.17) is 0 Å². The van der Waals surface area contributed by atoms with Gasteiger partial charge >= 0.3 is 5.97 Å². The molecule has 1 aromatic carbocycles. The van der Waals surface area contributed by atoms with Gasteiger partial charge in [0.25, 0.3) is 0 Å². The maximum absolute atomic E-state index is 12.8. The zero-order valence-corrected chi connectivity index (χ0v) is 13.7. The van der Waals surface area contributed by atoms with Crippen molar-refractivity contribution in [2.75, 3.05) is 24.5 Å². The van der Waals surface area contributed by atoms with Crippen LogP contribution in [0.2, 0.25) is 0 Å². The third-order valence-electron chi connectivity index (χ3n) is 5.00. The van der Waals surface area contributed by atoms with Gasteiger partial charge in [0.15, 0.2) is 0 Å². The molecule has 0 saturated carbocycles. The van der Waals surface area contributed by atoms with Gasteiger partial charge in [-0.1, -0.05) is 24.6 Å². The van der Waals surface area contributed by atoms with E-state index in [1.807, 2.05) is 36.1 Å². The van der Waals surface area contributed by atoms with E-state index >= 15 is 0 Å². The topological polar surface area (TPSA) is 60.9 Å². The van der Waals surface area contributed by atoms with Crippen LogP contribution in [0.15, 0.2) is 24.3 Å². The van der Waals surface area contributed by atoms with E-state index in [0.29, 0.717) is 25.4 Å². The first-order valence-electron chi connectivity index (χ1n) is 8.30. The van der Waals surface area contributed by atoms with Crippen LogP contribution in [0, 0.1) is 18.8 Å². The summed E-state index contributed by atoms with van der Waals surface area (Å²) in [5.74, 6) is -0.694. The Bertz CT molecular complexity index is 599. The Hall–Kier alpha value is -1.88. The molecule has 0 radical (unpaired) electrons. The number of carboxylic acids is 1. The first-order chi connectivity index (χ1) is 11.0. The van der Waals surface area contributed by atoms with Crippen molar-refractivity contribution >= 4 is 17.6 Å². The maximum atomic E-state index is 12.8. The molecule has 5 heteroatoms. The number of carbonyl (C=O) groups is 2. The fourth-order valence-electron chi connectivity index (χ4n) is 3.81. The van der Waals surface area contributed by atoms with Gasteiger partial charge in [-0.25, -0.2) is 0 Å². The minimum Gasteiger partial charge on any atom is -0.481 e. The lowest BCUT2D eigenvalue weighted by atomic mass is 9.89. The molecule has 23 heavy (non-hydrogen) atoms. The molecule has 1 N–H and O–H groups in total. The standard InChI is InChI=1S/C18H24N2O3/c1-12-3-5-15(6-4-12)20-8-7-16(17(20)21)19-10-13(2)9-14(11-19)18(22)23/h3-6,13-14,16H,7-11H2,1-2H3,(H,22,23). The van der Waals surface area contributed by atoms with Crippen molar-refractivity contribution in [1.29, 1.82) is 0 Å². The molecule has 5 nitrogen and oxygen atoms in total. The zero-order chi connectivity index (χ0) is 16.6. The number of benzene rings is 1. The highest BCUT2D eigenvalue weighted by Crippen LogP contribution is 2.29. The van der Waals surface area contributed by atoms with Crippen molar-refractivity contribution in [1.82, 2.24) is 4.90 Å². The first kappa shape index (κ1) is 16.0. The van der Waals surface area contributed by atoms with Gasteiger partial charge in [-0.05, 0) is 37.8 Å². The smallest absolute Gasteiger partial charge is 0.307 e. The number of aryl methyl sites for hydroxylation is 1. The Labute approximate surface area is 136 Å². The number of hydrogen-bond donors (Lipinski definition) is 1. The van der Waals surface area contributed by atoms with Crippen LogP contribution in [-0.2, 0) is 9.59 Å². The molecule has 2 aliphatic rings. The van der Waals surface area contributed by atoms with Gasteiger partial charge in [-0.3, -0.25) is 14.5 Å². The van der Waals surface area contributed by atoms with Gasteiger partial charge in [0.2, 0.25) is 5.91 Å². The molecular formula is C18H24N2O3. The summed E-state index contributed by atoms with van der Waals surface area (Å²) >= 11 is 0. The molecule has 0 bridgehead atoms. The van der Waals surface area contributed by atoms with E-state index in [-0.39, 0.29) is 17.9 Å². The molecule has 0 aliphatic carbocycles. The summed E-state index contributed by atoms with van der Waals surface area (Å²) in [5.41, 5.74) is 2.11. The van der Waals surface area contributed by atoms with Crippen LogP contribution in [0.4, 0.5) is 5.69 Å². The normalized spacial score (nSPS) is 29.0. The van der Waals surface area contributed by atoms with Gasteiger partial charge < -0.3 is 10.0 Å². The molecular weight excluding hydrogens is 292 g/mol. The van der Waals surface area contributed by atoms with Gasteiger partial charge in [-0.15, -0.1) is 0 Å². The lowest BCUT2D eigenvalue weighted by molar-refractivity contribution is -0.145. The molecule has 3 rings (SSSR count). The number of hydrogen-bond acceptors (Lipinski definition) is 3. The molecule has 3 atom stereocenters. The second-order valence-electron chi connectivity index (χ2n) is 6.96. The number of rotatable bonds is 3. The van der Waals surface area contributed by atoms with Crippen LogP contribution in [-0.4, -0.2) is 47.6 Å². The molecule has 2 saturated heterocycles. The lowest BCUT2D eigenvalue weighted by Crippen LogP contribution is -2.50. The number of nitrogens with zero attached hydrogens (tertiary/aromatic N) is 2. The van der Waals surface area contributed by atoms with Crippen LogP contribution < -0.4 is 4.90 Å². The van der Waals surface area contributed by atoms with E-state index in [1.165, 1.54) is 5.56 Å². The van der Waals surface area contributed by atoms with E-state index in [0.717, 1.165) is 18.7 Å². The van der Waals surface area contributed by atoms with Crippen LogP contribution in [0.1, 0.15) is 25.3 Å². The average molecular weight is 316 g/mol. The largest absolute Gasteiger partial charge is 0.481 e. The summed E-state index contributed by atoms with van der Waals surface area (Å²) < 4.78 is 0. The number of amides is 1. The van der Waals surface area contributed by atoms with Crippen molar-refractivity contribution in [3.05, 3.63) is 29.8 Å². The summed E-state index contributed by atoms with van der Waals surface area (Å²) in [6.07, 6.45) is 1.47. The highest BCUT2D eigenvalue weighted by Gasteiger charge is 2.40. The highest BCUT2D eigenvalue weighted by molar-refractivity contribution is 5.99. The summed E-state index contributed by atoms with van der Waals surface area (Å²) in [5, 5.41) is 9.32. The second-order valence-corrected chi connectivity index (χ2v) is 6.96. The van der Waals surface area contributed by atoms with Crippen molar-refractivity contribution in [2.24, 2.45) is 11.8 Å². The number of anilines is 1. The number of carboxylic acid groups (broad SMARTS) is 1. The van der Waals surface area contributed by atoms with Gasteiger partial charge in [-0.2, -0.15) is 0 Å². The zero-order valence-electron chi connectivity index (χ0n) is 13.7. The first-order valence-corrected chi connectivity index (χ1v) is 8.30. The molecule has 1 amide bonds. The summed E-state index contributed by atoms with van der Waals surface area (Å²) in [6, 6.07) is 7.81. The number of carbonyl (C=O) groups excluding carboxylic acids is 1. The molecule has 1 aromatic rings. The molecule has 0 spiro atoms. The Balaban J connectivity index is 1.73. The summed E-state index contributed by atoms with van der Waals surface area (Å²) in [4.78, 5) is 28.1. The van der Waals surface area contributed by atoms with Gasteiger partial charge in [0.1, 0.15) is 0 Å². The minimum absolute atomic E-state index is 0.104. The van der Waals surface area contributed by atoms with E-state index < -0.39 is 5.97 Å². The third-order valence-corrected chi connectivity index (χ3v) is 5.00. The van der Waals surface area contributed by atoms with Gasteiger partial charge in [0, 0.05) is 25.3 Å². The van der Waals surface area contributed by atoms with E-state index in [2.05, 4.69) is 11.8 Å². The molecule has 3 unspecified atom stereocenters. The van der Waals surface area contributed by atoms with E-state index in [1.54, 1.807) is 0 Å². The van der Waals surface area contributed by atoms with Crippen LogP contribution in [0.5, 0.6) is 0 Å². The predicted molar refractivity (Wildman–Crippen MR) is 88.4 cm³/mol. The Kier molecular flexibility index (Phi) is 4.39. The van der Waals surface area contributed by atoms with Crippen molar-refractivity contribution < 1.29 is 14.7 Å². The molecule has 2 heterocycles. The quantitative estimate of drug-likeness (QED) is 0.928. The Morgan fingerprint density at radius 2 is 1.91 bits per heavy atom. The fraction of sp³-hybridized carbons (Fsp3) is 0.556. The van der Waals surface area contributed by atoms with E-state index in [9.17, 15) is 14.7 Å². The second kappa shape index (κ2) is 6.32. The van der Waals surface area contributed by atoms with Crippen molar-refractivity contribution in [3.63, 3.8) is 0 Å². The monoisotopic (exact) mass is 316 g/mol. The summed E-state index contributed by atoms with van der Waals surface area (Å²) in [6.45, 7) is 6.09. The average Bonchev–Trinajstić information content (AvgIpc) is 2.89. The van der Waals surface area contributed by atoms with Crippen LogP contribution >= 0.6 is 0 Å². The lowest BCUT2D eigenvalue weighted by Gasteiger charge is -2.37. The predicted octanol–water partition coefficient (Wildman–Crippen LogP) is 2.14. The fourth-order valence-corrected chi connectivity index (χ4v) is 3.81. The number of piperidine rings is 1. The SMILES string of the molecule is Cc1ccc(N2CCC(N3CC(C)CC(C(=O)O)C3)C2=O)cc1. The Morgan fingerprint density at radius 1 is 1.22 bits per heavy atom. The van der Waals surface area contributed by atoms with Crippen molar-refractivity contribution in [2.45, 2.75) is 32.7 Å². The Morgan fingerprint density at radius 3 is 2.57 bits per heavy atom. The number of likely N-dealkylation sites (tertiary alicyclic amines) is 1. The molecule has 2 fully saturated rings. The van der Waals surface area contributed by atoms with Crippen molar-refractivity contribution in [3.8, 4) is 0 Å². The molecule has 124 valence electrons. The summed E-state index contributed by atoms with van der Waals surface area (Å²) in [7, 11) is 0. The maximum Gasteiger partial charge on any atom is 0.307 e. The van der Waals surface area contributed by atoms with Crippen LogP contribution in [0.3, 0.4) is 0 Å². The van der Waals surface area contributed by atoms with Crippen LogP contribution in [0.25, 0.3) is 0 Å². The van der Waals surface area contributed by atoms with Gasteiger partial charge in [0.05, 0.1) is 12.0 Å². The number of aliphatic carboxylic acids is 1. The third kappa shape index (κ3) is 3.24. The highest BCUT2D eigenvalue weighted by atomic mass is 16.4. The molecule has 2 aliphatic heterocycles.